The third-order valence-electron chi connectivity index (χ3n) is 3.96. The van der Waals surface area contributed by atoms with Crippen molar-refractivity contribution in [2.24, 2.45) is 5.10 Å². The van der Waals surface area contributed by atoms with Crippen LogP contribution in [0.25, 0.3) is 11.1 Å². The molecule has 0 radical (unpaired) electrons. The van der Waals surface area contributed by atoms with E-state index < -0.39 is 5.97 Å². The molecule has 130 valence electrons. The third kappa shape index (κ3) is 4.10. The number of halogens is 1. The average molecular weight is 365 g/mol. The van der Waals surface area contributed by atoms with E-state index in [0.717, 1.165) is 22.4 Å². The SMILES string of the molecule is C/C(=N\Nc1ccc(Cl)c(C(=O)O)c1)c1ccc(-c2ccccc2)cc1. The summed E-state index contributed by atoms with van der Waals surface area (Å²) in [6, 6.07) is 22.9. The van der Waals surface area contributed by atoms with Crippen LogP contribution in [0.5, 0.6) is 0 Å². The number of carboxylic acids is 1. The first kappa shape index (κ1) is 17.7. The van der Waals surface area contributed by atoms with Crippen molar-refractivity contribution in [3.8, 4) is 11.1 Å². The molecular formula is C21H17ClN2O2. The third-order valence-corrected chi connectivity index (χ3v) is 4.29. The van der Waals surface area contributed by atoms with Gasteiger partial charge in [0.1, 0.15) is 0 Å². The zero-order valence-electron chi connectivity index (χ0n) is 14.1. The average Bonchev–Trinajstić information content (AvgIpc) is 2.67. The summed E-state index contributed by atoms with van der Waals surface area (Å²) in [5.41, 5.74) is 7.54. The van der Waals surface area contributed by atoms with E-state index in [0.29, 0.717) is 5.69 Å². The molecule has 0 aliphatic heterocycles. The minimum atomic E-state index is -1.07. The minimum Gasteiger partial charge on any atom is -0.478 e. The first-order valence-electron chi connectivity index (χ1n) is 8.03. The number of nitrogens with zero attached hydrogens (tertiary/aromatic N) is 1. The highest BCUT2D eigenvalue weighted by Gasteiger charge is 2.09. The Morgan fingerprint density at radius 1 is 0.962 bits per heavy atom. The van der Waals surface area contributed by atoms with Crippen LogP contribution in [0.15, 0.2) is 77.9 Å². The van der Waals surface area contributed by atoms with Gasteiger partial charge in [0.2, 0.25) is 0 Å². The van der Waals surface area contributed by atoms with Gasteiger partial charge >= 0.3 is 5.97 Å². The molecule has 5 heteroatoms. The van der Waals surface area contributed by atoms with Gasteiger partial charge in [0, 0.05) is 0 Å². The summed E-state index contributed by atoms with van der Waals surface area (Å²) in [6.45, 7) is 1.89. The maximum Gasteiger partial charge on any atom is 0.337 e. The summed E-state index contributed by atoms with van der Waals surface area (Å²) >= 11 is 5.87. The Bertz CT molecular complexity index is 952. The molecule has 0 heterocycles. The summed E-state index contributed by atoms with van der Waals surface area (Å²) in [7, 11) is 0. The predicted octanol–water partition coefficient (Wildman–Crippen LogP) is 5.54. The van der Waals surface area contributed by atoms with Crippen molar-refractivity contribution in [3.63, 3.8) is 0 Å². The zero-order chi connectivity index (χ0) is 18.5. The molecule has 0 amide bonds. The molecule has 0 fully saturated rings. The molecule has 0 saturated heterocycles. The second-order valence-corrected chi connectivity index (χ2v) is 6.16. The van der Waals surface area contributed by atoms with Crippen molar-refractivity contribution in [1.82, 2.24) is 0 Å². The Hall–Kier alpha value is -3.11. The summed E-state index contributed by atoms with van der Waals surface area (Å²) in [6.07, 6.45) is 0. The Morgan fingerprint density at radius 2 is 1.62 bits per heavy atom. The van der Waals surface area contributed by atoms with Gasteiger partial charge in [-0.25, -0.2) is 4.79 Å². The van der Waals surface area contributed by atoms with Crippen molar-refractivity contribution in [2.45, 2.75) is 6.92 Å². The van der Waals surface area contributed by atoms with Crippen LogP contribution in [0.4, 0.5) is 5.69 Å². The molecule has 2 N–H and O–H groups in total. The number of carbonyl (C=O) groups is 1. The first-order valence-corrected chi connectivity index (χ1v) is 8.41. The Kier molecular flexibility index (Phi) is 5.34. The number of rotatable bonds is 5. The van der Waals surface area contributed by atoms with Gasteiger partial charge in [-0.1, -0.05) is 66.2 Å². The van der Waals surface area contributed by atoms with E-state index in [4.69, 9.17) is 16.7 Å². The van der Waals surface area contributed by atoms with Crippen molar-refractivity contribution in [1.29, 1.82) is 0 Å². The summed E-state index contributed by atoms with van der Waals surface area (Å²) in [4.78, 5) is 11.1. The predicted molar refractivity (Wildman–Crippen MR) is 106 cm³/mol. The maximum atomic E-state index is 11.1. The number of hydrogen-bond donors (Lipinski definition) is 2. The number of hydrogen-bond acceptors (Lipinski definition) is 3. The maximum absolute atomic E-state index is 11.1. The number of anilines is 1. The Labute approximate surface area is 156 Å². The molecule has 0 aliphatic rings. The first-order chi connectivity index (χ1) is 12.5. The van der Waals surface area contributed by atoms with Crippen molar-refractivity contribution >= 4 is 29.0 Å². The van der Waals surface area contributed by atoms with E-state index in [-0.39, 0.29) is 10.6 Å². The molecule has 3 rings (SSSR count). The Balaban J connectivity index is 1.76. The van der Waals surface area contributed by atoms with E-state index in [2.05, 4.69) is 34.8 Å². The number of aromatic carboxylic acids is 1. The van der Waals surface area contributed by atoms with Gasteiger partial charge in [-0.2, -0.15) is 5.10 Å². The van der Waals surface area contributed by atoms with Gasteiger partial charge < -0.3 is 5.11 Å². The number of carboxylic acid groups (broad SMARTS) is 1. The fourth-order valence-corrected chi connectivity index (χ4v) is 2.70. The quantitative estimate of drug-likeness (QED) is 0.461. The highest BCUT2D eigenvalue weighted by molar-refractivity contribution is 6.33. The van der Waals surface area contributed by atoms with E-state index in [1.54, 1.807) is 6.07 Å². The number of benzene rings is 3. The molecular weight excluding hydrogens is 348 g/mol. The largest absolute Gasteiger partial charge is 0.478 e. The van der Waals surface area contributed by atoms with Gasteiger partial charge in [0.15, 0.2) is 0 Å². The zero-order valence-corrected chi connectivity index (χ0v) is 14.9. The van der Waals surface area contributed by atoms with E-state index >= 15 is 0 Å². The van der Waals surface area contributed by atoms with Gasteiger partial charge in [0.25, 0.3) is 0 Å². The standard InChI is InChI=1S/C21H17ClN2O2/c1-14(23-24-18-11-12-20(22)19(13-18)21(25)26)15-7-9-17(10-8-15)16-5-3-2-4-6-16/h2-13,24H,1H3,(H,25,26)/b23-14+. The molecule has 0 atom stereocenters. The fourth-order valence-electron chi connectivity index (χ4n) is 2.51. The molecule has 0 spiro atoms. The van der Waals surface area contributed by atoms with Gasteiger partial charge in [0.05, 0.1) is 22.0 Å². The minimum absolute atomic E-state index is 0.0386. The number of nitrogens with one attached hydrogen (secondary N) is 1. The van der Waals surface area contributed by atoms with Crippen LogP contribution < -0.4 is 5.43 Å². The molecule has 0 unspecified atom stereocenters. The highest BCUT2D eigenvalue weighted by Crippen LogP contribution is 2.21. The van der Waals surface area contributed by atoms with Crippen molar-refractivity contribution in [2.75, 3.05) is 5.43 Å². The highest BCUT2D eigenvalue weighted by atomic mass is 35.5. The molecule has 4 nitrogen and oxygen atoms in total. The Morgan fingerprint density at radius 3 is 2.27 bits per heavy atom. The summed E-state index contributed by atoms with van der Waals surface area (Å²) < 4.78 is 0. The van der Waals surface area contributed by atoms with Crippen molar-refractivity contribution < 1.29 is 9.90 Å². The molecule has 26 heavy (non-hydrogen) atoms. The summed E-state index contributed by atoms with van der Waals surface area (Å²) in [5.74, 6) is -1.07. The van der Waals surface area contributed by atoms with E-state index in [1.165, 1.54) is 12.1 Å². The van der Waals surface area contributed by atoms with Gasteiger partial charge in [-0.15, -0.1) is 0 Å². The molecule has 3 aromatic carbocycles. The van der Waals surface area contributed by atoms with E-state index in [1.807, 2.05) is 37.3 Å². The normalized spacial score (nSPS) is 11.2. The van der Waals surface area contributed by atoms with Crippen LogP contribution in [0.3, 0.4) is 0 Å². The van der Waals surface area contributed by atoms with E-state index in [9.17, 15) is 4.79 Å². The monoisotopic (exact) mass is 364 g/mol. The van der Waals surface area contributed by atoms with Crippen LogP contribution in [0.2, 0.25) is 5.02 Å². The second-order valence-electron chi connectivity index (χ2n) is 5.75. The van der Waals surface area contributed by atoms with Gasteiger partial charge in [-0.05, 0) is 41.8 Å². The van der Waals surface area contributed by atoms with Crippen LogP contribution in [-0.2, 0) is 0 Å². The topological polar surface area (TPSA) is 61.7 Å². The molecule has 0 bridgehead atoms. The molecule has 0 aromatic heterocycles. The molecule has 0 aliphatic carbocycles. The van der Waals surface area contributed by atoms with Crippen LogP contribution in [-0.4, -0.2) is 16.8 Å². The second kappa shape index (κ2) is 7.85. The number of hydrazone groups is 1. The summed E-state index contributed by atoms with van der Waals surface area (Å²) in [5, 5.41) is 13.6. The van der Waals surface area contributed by atoms with Crippen LogP contribution in [0, 0.1) is 0 Å². The molecule has 3 aromatic rings. The fraction of sp³-hybridized carbons (Fsp3) is 0.0476. The lowest BCUT2D eigenvalue weighted by atomic mass is 10.0. The van der Waals surface area contributed by atoms with Crippen LogP contribution >= 0.6 is 11.6 Å². The van der Waals surface area contributed by atoms with Gasteiger partial charge in [-0.3, -0.25) is 5.43 Å². The lowest BCUT2D eigenvalue weighted by Crippen LogP contribution is -2.02. The molecule has 0 saturated carbocycles. The smallest absolute Gasteiger partial charge is 0.337 e. The lowest BCUT2D eigenvalue weighted by molar-refractivity contribution is 0.0697. The van der Waals surface area contributed by atoms with Crippen molar-refractivity contribution in [3.05, 3.63) is 88.9 Å². The lowest BCUT2D eigenvalue weighted by Gasteiger charge is -2.07. The van der Waals surface area contributed by atoms with Crippen LogP contribution in [0.1, 0.15) is 22.8 Å².